The Hall–Kier alpha value is -0.870. The summed E-state index contributed by atoms with van der Waals surface area (Å²) in [4.78, 5) is 0. The Morgan fingerprint density at radius 2 is 2.29 bits per heavy atom. The van der Waals surface area contributed by atoms with Crippen molar-refractivity contribution in [3.05, 3.63) is 18.0 Å². The van der Waals surface area contributed by atoms with Gasteiger partial charge in [0.05, 0.1) is 5.69 Å². The molecule has 0 amide bonds. The highest BCUT2D eigenvalue weighted by Gasteiger charge is 2.13. The summed E-state index contributed by atoms with van der Waals surface area (Å²) in [5, 5.41) is 8.14. The molecule has 0 aromatic carbocycles. The van der Waals surface area contributed by atoms with E-state index in [9.17, 15) is 0 Å². The summed E-state index contributed by atoms with van der Waals surface area (Å²) in [6.45, 7) is 7.03. The first-order valence-corrected chi connectivity index (χ1v) is 6.64. The van der Waals surface area contributed by atoms with Gasteiger partial charge in [0.1, 0.15) is 0 Å². The zero-order valence-corrected chi connectivity index (χ0v) is 10.9. The number of nitrogens with one attached hydrogen (secondary N) is 1. The van der Waals surface area contributed by atoms with Crippen LogP contribution in [-0.2, 0) is 11.3 Å². The van der Waals surface area contributed by atoms with E-state index in [0.29, 0.717) is 12.1 Å². The second-order valence-electron chi connectivity index (χ2n) is 4.81. The van der Waals surface area contributed by atoms with E-state index in [1.807, 2.05) is 0 Å². The number of ether oxygens (including phenoxy) is 1. The predicted octanol–water partition coefficient (Wildman–Crippen LogP) is 2.12. The number of rotatable bonds is 5. The molecular weight excluding hydrogens is 214 g/mol. The molecule has 4 heteroatoms. The largest absolute Gasteiger partial charge is 0.381 e. The molecule has 1 saturated heterocycles. The van der Waals surface area contributed by atoms with E-state index in [1.54, 1.807) is 0 Å². The molecule has 0 aliphatic carbocycles. The lowest BCUT2D eigenvalue weighted by Crippen LogP contribution is -2.34. The lowest BCUT2D eigenvalue weighted by molar-refractivity contribution is 0.0775. The lowest BCUT2D eigenvalue weighted by atomic mass is 10.1. The summed E-state index contributed by atoms with van der Waals surface area (Å²) < 4.78 is 7.40. The fraction of sp³-hybridized carbons (Fsp3) is 0.769. The fourth-order valence-corrected chi connectivity index (χ4v) is 2.05. The molecule has 96 valence electrons. The minimum Gasteiger partial charge on any atom is -0.381 e. The highest BCUT2D eigenvalue weighted by atomic mass is 16.5. The highest BCUT2D eigenvalue weighted by Crippen LogP contribution is 2.10. The van der Waals surface area contributed by atoms with Gasteiger partial charge in [0.2, 0.25) is 0 Å². The highest BCUT2D eigenvalue weighted by molar-refractivity contribution is 4.99. The molecule has 0 saturated carbocycles. The Morgan fingerprint density at radius 3 is 3.00 bits per heavy atom. The first kappa shape index (κ1) is 12.6. The minimum absolute atomic E-state index is 0.492. The third-order valence-electron chi connectivity index (χ3n) is 3.50. The molecule has 1 aromatic heterocycles. The Labute approximate surface area is 103 Å². The normalized spacial score (nSPS) is 19.4. The van der Waals surface area contributed by atoms with Crippen LogP contribution in [0.25, 0.3) is 0 Å². The van der Waals surface area contributed by atoms with Crippen molar-refractivity contribution >= 4 is 0 Å². The Balaban J connectivity index is 1.80. The molecule has 17 heavy (non-hydrogen) atoms. The van der Waals surface area contributed by atoms with Crippen LogP contribution in [0, 0.1) is 0 Å². The third kappa shape index (κ3) is 3.54. The van der Waals surface area contributed by atoms with E-state index in [0.717, 1.165) is 44.7 Å². The summed E-state index contributed by atoms with van der Waals surface area (Å²) in [6, 6.07) is 3.20. The maximum Gasteiger partial charge on any atom is 0.0762 e. The van der Waals surface area contributed by atoms with Crippen LogP contribution in [0.1, 0.15) is 44.8 Å². The average molecular weight is 237 g/mol. The van der Waals surface area contributed by atoms with Gasteiger partial charge in [-0.25, -0.2) is 0 Å². The van der Waals surface area contributed by atoms with Gasteiger partial charge >= 0.3 is 0 Å². The van der Waals surface area contributed by atoms with E-state index in [1.165, 1.54) is 0 Å². The lowest BCUT2D eigenvalue weighted by Gasteiger charge is -2.22. The molecule has 1 fully saturated rings. The van der Waals surface area contributed by atoms with Crippen molar-refractivity contribution in [2.45, 2.75) is 51.7 Å². The maximum atomic E-state index is 5.34. The maximum absolute atomic E-state index is 5.34. The molecule has 0 spiro atoms. The summed E-state index contributed by atoms with van der Waals surface area (Å²) in [7, 11) is 0. The molecule has 1 aliphatic rings. The van der Waals surface area contributed by atoms with E-state index >= 15 is 0 Å². The first-order valence-electron chi connectivity index (χ1n) is 6.64. The quantitative estimate of drug-likeness (QED) is 0.852. The molecule has 0 radical (unpaired) electrons. The topological polar surface area (TPSA) is 39.1 Å². The smallest absolute Gasteiger partial charge is 0.0762 e. The SMILES string of the molecule is CCC(C)n1ccc(CNC2CCOCC2)n1. The van der Waals surface area contributed by atoms with E-state index in [4.69, 9.17) is 4.74 Å². The second-order valence-corrected chi connectivity index (χ2v) is 4.81. The molecule has 2 heterocycles. The van der Waals surface area contributed by atoms with Gasteiger partial charge in [-0.1, -0.05) is 6.92 Å². The van der Waals surface area contributed by atoms with Crippen molar-refractivity contribution in [2.24, 2.45) is 0 Å². The van der Waals surface area contributed by atoms with Crippen LogP contribution in [0.3, 0.4) is 0 Å². The summed E-state index contributed by atoms with van der Waals surface area (Å²) in [5.41, 5.74) is 1.14. The number of hydrogen-bond donors (Lipinski definition) is 1. The Morgan fingerprint density at radius 1 is 1.53 bits per heavy atom. The number of hydrogen-bond acceptors (Lipinski definition) is 3. The van der Waals surface area contributed by atoms with Crippen LogP contribution in [0.5, 0.6) is 0 Å². The van der Waals surface area contributed by atoms with Crippen LogP contribution in [0.2, 0.25) is 0 Å². The van der Waals surface area contributed by atoms with Crippen LogP contribution >= 0.6 is 0 Å². The van der Waals surface area contributed by atoms with Crippen molar-refractivity contribution in [3.63, 3.8) is 0 Å². The van der Waals surface area contributed by atoms with Crippen LogP contribution in [0.4, 0.5) is 0 Å². The van der Waals surface area contributed by atoms with E-state index in [-0.39, 0.29) is 0 Å². The minimum atomic E-state index is 0.492. The van der Waals surface area contributed by atoms with E-state index < -0.39 is 0 Å². The Bertz CT molecular complexity index is 331. The summed E-state index contributed by atoms with van der Waals surface area (Å²) in [5.74, 6) is 0. The molecule has 1 unspecified atom stereocenters. The van der Waals surface area contributed by atoms with Gasteiger partial charge in [-0.3, -0.25) is 4.68 Å². The predicted molar refractivity (Wildman–Crippen MR) is 67.9 cm³/mol. The van der Waals surface area contributed by atoms with Gasteiger partial charge in [0, 0.05) is 38.0 Å². The van der Waals surface area contributed by atoms with E-state index in [2.05, 4.69) is 41.2 Å². The van der Waals surface area contributed by atoms with Crippen LogP contribution < -0.4 is 5.32 Å². The molecule has 0 bridgehead atoms. The average Bonchev–Trinajstić information content (AvgIpc) is 2.85. The molecule has 1 aliphatic heterocycles. The van der Waals surface area contributed by atoms with Crippen LogP contribution in [-0.4, -0.2) is 29.0 Å². The zero-order chi connectivity index (χ0) is 12.1. The van der Waals surface area contributed by atoms with Crippen LogP contribution in [0.15, 0.2) is 12.3 Å². The van der Waals surface area contributed by atoms with Gasteiger partial charge < -0.3 is 10.1 Å². The fourth-order valence-electron chi connectivity index (χ4n) is 2.05. The molecule has 4 nitrogen and oxygen atoms in total. The molecule has 1 aromatic rings. The Kier molecular flexibility index (Phi) is 4.57. The van der Waals surface area contributed by atoms with Crippen molar-refractivity contribution in [1.82, 2.24) is 15.1 Å². The molecule has 2 rings (SSSR count). The third-order valence-corrected chi connectivity index (χ3v) is 3.50. The van der Waals surface area contributed by atoms with Crippen molar-refractivity contribution < 1.29 is 4.74 Å². The van der Waals surface area contributed by atoms with Gasteiger partial charge in [-0.15, -0.1) is 0 Å². The summed E-state index contributed by atoms with van der Waals surface area (Å²) in [6.07, 6.45) is 5.43. The molecule has 1 N–H and O–H groups in total. The molecule has 1 atom stereocenters. The van der Waals surface area contributed by atoms with Gasteiger partial charge in [-0.2, -0.15) is 5.10 Å². The van der Waals surface area contributed by atoms with Crippen molar-refractivity contribution in [2.75, 3.05) is 13.2 Å². The van der Waals surface area contributed by atoms with Gasteiger partial charge in [0.15, 0.2) is 0 Å². The zero-order valence-electron chi connectivity index (χ0n) is 10.9. The standard InChI is InChI=1S/C13H23N3O/c1-3-11(2)16-7-4-13(15-16)10-14-12-5-8-17-9-6-12/h4,7,11-12,14H,3,5-6,8-10H2,1-2H3. The first-order chi connectivity index (χ1) is 8.29. The number of aromatic nitrogens is 2. The van der Waals surface area contributed by atoms with Gasteiger partial charge in [-0.05, 0) is 32.3 Å². The molecular formula is C13H23N3O. The number of nitrogens with zero attached hydrogens (tertiary/aromatic N) is 2. The van der Waals surface area contributed by atoms with Crippen molar-refractivity contribution in [3.8, 4) is 0 Å². The van der Waals surface area contributed by atoms with Crippen molar-refractivity contribution in [1.29, 1.82) is 0 Å². The summed E-state index contributed by atoms with van der Waals surface area (Å²) >= 11 is 0. The van der Waals surface area contributed by atoms with Gasteiger partial charge in [0.25, 0.3) is 0 Å². The monoisotopic (exact) mass is 237 g/mol. The second kappa shape index (κ2) is 6.17.